The van der Waals surface area contributed by atoms with Crippen molar-refractivity contribution in [3.63, 3.8) is 0 Å². The van der Waals surface area contributed by atoms with Crippen LogP contribution in [-0.4, -0.2) is 21.7 Å². The SMILES string of the molecule is CCNc1nnc(SCc2ncc(-c3ccc(F)cc3)o2)s1. The summed E-state index contributed by atoms with van der Waals surface area (Å²) >= 11 is 3.02. The van der Waals surface area contributed by atoms with E-state index in [0.29, 0.717) is 17.4 Å². The number of rotatable bonds is 6. The van der Waals surface area contributed by atoms with Crippen molar-refractivity contribution < 1.29 is 8.81 Å². The third kappa shape index (κ3) is 3.63. The standard InChI is InChI=1S/C14H13FN4OS2/c1-2-16-13-18-19-14(22-13)21-8-12-17-7-11(20-12)9-3-5-10(15)6-4-9/h3-7H,2,8H2,1H3,(H,16,18). The number of thioether (sulfide) groups is 1. The fourth-order valence-electron chi connectivity index (χ4n) is 1.74. The third-order valence-electron chi connectivity index (χ3n) is 2.74. The van der Waals surface area contributed by atoms with E-state index >= 15 is 0 Å². The van der Waals surface area contributed by atoms with Gasteiger partial charge in [0.2, 0.25) is 11.0 Å². The van der Waals surface area contributed by atoms with Gasteiger partial charge in [-0.25, -0.2) is 9.37 Å². The first-order valence-electron chi connectivity index (χ1n) is 6.65. The lowest BCUT2D eigenvalue weighted by molar-refractivity contribution is 0.530. The molecule has 8 heteroatoms. The molecule has 0 aliphatic rings. The Morgan fingerprint density at radius 2 is 2.09 bits per heavy atom. The van der Waals surface area contributed by atoms with Crippen molar-refractivity contribution in [2.75, 3.05) is 11.9 Å². The molecule has 22 heavy (non-hydrogen) atoms. The van der Waals surface area contributed by atoms with Crippen molar-refractivity contribution >= 4 is 28.2 Å². The second-order valence-electron chi connectivity index (χ2n) is 4.32. The van der Waals surface area contributed by atoms with E-state index in [1.54, 1.807) is 18.3 Å². The van der Waals surface area contributed by atoms with Gasteiger partial charge in [-0.2, -0.15) is 0 Å². The Morgan fingerprint density at radius 1 is 1.27 bits per heavy atom. The van der Waals surface area contributed by atoms with E-state index in [1.165, 1.54) is 35.2 Å². The number of anilines is 1. The lowest BCUT2D eigenvalue weighted by Crippen LogP contribution is -1.94. The summed E-state index contributed by atoms with van der Waals surface area (Å²) < 4.78 is 19.4. The molecule has 5 nitrogen and oxygen atoms in total. The molecule has 0 spiro atoms. The Morgan fingerprint density at radius 3 is 2.86 bits per heavy atom. The maximum absolute atomic E-state index is 12.9. The van der Waals surface area contributed by atoms with Crippen LogP contribution in [0.3, 0.4) is 0 Å². The summed E-state index contributed by atoms with van der Waals surface area (Å²) in [7, 11) is 0. The second-order valence-corrected chi connectivity index (χ2v) is 6.52. The molecule has 0 bridgehead atoms. The van der Waals surface area contributed by atoms with Gasteiger partial charge in [-0.05, 0) is 31.2 Å². The van der Waals surface area contributed by atoms with Crippen molar-refractivity contribution in [1.29, 1.82) is 0 Å². The average molecular weight is 336 g/mol. The van der Waals surface area contributed by atoms with E-state index in [1.807, 2.05) is 6.92 Å². The normalized spacial score (nSPS) is 10.8. The molecular weight excluding hydrogens is 323 g/mol. The number of nitrogens with zero attached hydrogens (tertiary/aromatic N) is 3. The fraction of sp³-hybridized carbons (Fsp3) is 0.214. The minimum Gasteiger partial charge on any atom is -0.440 e. The van der Waals surface area contributed by atoms with Gasteiger partial charge >= 0.3 is 0 Å². The van der Waals surface area contributed by atoms with E-state index in [0.717, 1.165) is 21.6 Å². The van der Waals surface area contributed by atoms with Crippen LogP contribution in [0.5, 0.6) is 0 Å². The monoisotopic (exact) mass is 336 g/mol. The Kier molecular flexibility index (Phi) is 4.69. The van der Waals surface area contributed by atoms with Crippen LogP contribution in [0.4, 0.5) is 9.52 Å². The summed E-state index contributed by atoms with van der Waals surface area (Å²) in [5.41, 5.74) is 0.801. The molecule has 0 radical (unpaired) electrons. The van der Waals surface area contributed by atoms with Crippen LogP contribution >= 0.6 is 23.1 Å². The smallest absolute Gasteiger partial charge is 0.206 e. The largest absolute Gasteiger partial charge is 0.440 e. The molecular formula is C14H13FN4OS2. The van der Waals surface area contributed by atoms with Gasteiger partial charge in [-0.3, -0.25) is 0 Å². The van der Waals surface area contributed by atoms with Gasteiger partial charge < -0.3 is 9.73 Å². The molecule has 0 aliphatic heterocycles. The Hall–Kier alpha value is -1.93. The minimum atomic E-state index is -0.271. The predicted molar refractivity (Wildman–Crippen MR) is 85.5 cm³/mol. The van der Waals surface area contributed by atoms with E-state index in [2.05, 4.69) is 20.5 Å². The third-order valence-corrected chi connectivity index (χ3v) is 4.73. The van der Waals surface area contributed by atoms with Gasteiger partial charge in [0.25, 0.3) is 0 Å². The molecule has 3 rings (SSSR count). The van der Waals surface area contributed by atoms with Gasteiger partial charge in [-0.15, -0.1) is 10.2 Å². The summed E-state index contributed by atoms with van der Waals surface area (Å²) in [4.78, 5) is 4.23. The average Bonchev–Trinajstić information content (AvgIpc) is 3.16. The number of benzene rings is 1. The zero-order chi connectivity index (χ0) is 15.4. The molecule has 0 saturated carbocycles. The molecule has 0 saturated heterocycles. The molecule has 0 atom stereocenters. The first-order chi connectivity index (χ1) is 10.7. The first kappa shape index (κ1) is 15.0. The Labute approximate surface area is 135 Å². The highest BCUT2D eigenvalue weighted by Gasteiger charge is 2.09. The van der Waals surface area contributed by atoms with Crippen molar-refractivity contribution in [2.24, 2.45) is 0 Å². The molecule has 3 aromatic rings. The van der Waals surface area contributed by atoms with Gasteiger partial charge in [0, 0.05) is 12.1 Å². The number of halogens is 1. The van der Waals surface area contributed by atoms with Crippen LogP contribution in [0.1, 0.15) is 12.8 Å². The number of oxazole rings is 1. The topological polar surface area (TPSA) is 63.8 Å². The van der Waals surface area contributed by atoms with Crippen molar-refractivity contribution in [1.82, 2.24) is 15.2 Å². The summed E-state index contributed by atoms with van der Waals surface area (Å²) in [5.74, 6) is 1.53. The van der Waals surface area contributed by atoms with Gasteiger partial charge in [-0.1, -0.05) is 23.1 Å². The quantitative estimate of drug-likeness (QED) is 0.685. The molecule has 0 fully saturated rings. The first-order valence-corrected chi connectivity index (χ1v) is 8.45. The van der Waals surface area contributed by atoms with E-state index in [4.69, 9.17) is 4.42 Å². The van der Waals surface area contributed by atoms with Crippen molar-refractivity contribution in [3.05, 3.63) is 42.2 Å². The maximum Gasteiger partial charge on any atom is 0.206 e. The Bertz CT molecular complexity index is 741. The summed E-state index contributed by atoms with van der Waals surface area (Å²) in [5, 5.41) is 12.0. The lowest BCUT2D eigenvalue weighted by Gasteiger charge is -1.96. The maximum atomic E-state index is 12.9. The lowest BCUT2D eigenvalue weighted by atomic mass is 10.2. The second kappa shape index (κ2) is 6.89. The van der Waals surface area contributed by atoms with Gasteiger partial charge in [0.05, 0.1) is 11.9 Å². The van der Waals surface area contributed by atoms with Gasteiger partial charge in [0.1, 0.15) is 5.82 Å². The van der Waals surface area contributed by atoms with Crippen LogP contribution < -0.4 is 5.32 Å². The van der Waals surface area contributed by atoms with Crippen molar-refractivity contribution in [3.8, 4) is 11.3 Å². The fourth-order valence-corrected chi connectivity index (χ4v) is 3.41. The highest BCUT2D eigenvalue weighted by atomic mass is 32.2. The highest BCUT2D eigenvalue weighted by molar-refractivity contribution is 8.00. The number of aromatic nitrogens is 3. The zero-order valence-corrected chi connectivity index (χ0v) is 13.4. The molecule has 0 amide bonds. The van der Waals surface area contributed by atoms with E-state index in [-0.39, 0.29) is 5.82 Å². The van der Waals surface area contributed by atoms with Gasteiger partial charge in [0.15, 0.2) is 10.1 Å². The molecule has 2 aromatic heterocycles. The van der Waals surface area contributed by atoms with E-state index < -0.39 is 0 Å². The molecule has 1 N–H and O–H groups in total. The van der Waals surface area contributed by atoms with Crippen LogP contribution in [-0.2, 0) is 5.75 Å². The molecule has 0 unspecified atom stereocenters. The zero-order valence-electron chi connectivity index (χ0n) is 11.7. The van der Waals surface area contributed by atoms with Crippen LogP contribution in [0.2, 0.25) is 0 Å². The van der Waals surface area contributed by atoms with E-state index in [9.17, 15) is 4.39 Å². The summed E-state index contributed by atoms with van der Waals surface area (Å²) in [6, 6.07) is 6.13. The predicted octanol–water partition coefficient (Wildman–Crippen LogP) is 4.06. The van der Waals surface area contributed by atoms with Crippen LogP contribution in [0, 0.1) is 5.82 Å². The summed E-state index contributed by atoms with van der Waals surface area (Å²) in [6.07, 6.45) is 1.65. The number of hydrogen-bond acceptors (Lipinski definition) is 7. The van der Waals surface area contributed by atoms with Crippen LogP contribution in [0.25, 0.3) is 11.3 Å². The number of nitrogens with one attached hydrogen (secondary N) is 1. The minimum absolute atomic E-state index is 0.271. The molecule has 1 aromatic carbocycles. The van der Waals surface area contributed by atoms with Crippen LogP contribution in [0.15, 0.2) is 39.2 Å². The highest BCUT2D eigenvalue weighted by Crippen LogP contribution is 2.29. The Balaban J connectivity index is 1.62. The molecule has 2 heterocycles. The number of hydrogen-bond donors (Lipinski definition) is 1. The molecule has 114 valence electrons. The van der Waals surface area contributed by atoms with Crippen molar-refractivity contribution in [2.45, 2.75) is 17.0 Å². The summed E-state index contributed by atoms with van der Waals surface area (Å²) in [6.45, 7) is 2.83. The molecule has 0 aliphatic carbocycles.